The van der Waals surface area contributed by atoms with Crippen LogP contribution >= 0.6 is 0 Å². The van der Waals surface area contributed by atoms with Gasteiger partial charge < -0.3 is 23.7 Å². The maximum absolute atomic E-state index is 7.29. The van der Waals surface area contributed by atoms with E-state index in [2.05, 4.69) is 269 Å². The first-order valence-electron chi connectivity index (χ1n) is 33.0. The van der Waals surface area contributed by atoms with Gasteiger partial charge in [-0.1, -0.05) is 207 Å². The molecule has 0 spiro atoms. The highest BCUT2D eigenvalue weighted by atomic mass is 16.3. The van der Waals surface area contributed by atoms with Gasteiger partial charge in [0.2, 0.25) is 0 Å². The number of furan rings is 1. The molecule has 2 aromatic heterocycles. The fourth-order valence-corrected chi connectivity index (χ4v) is 19.1. The van der Waals surface area contributed by atoms with E-state index < -0.39 is 0 Å². The highest BCUT2D eigenvalue weighted by molar-refractivity contribution is 7.00. The number of benzene rings is 8. The van der Waals surface area contributed by atoms with Gasteiger partial charge in [0.1, 0.15) is 5.58 Å². The van der Waals surface area contributed by atoms with Gasteiger partial charge >= 0.3 is 0 Å². The molecule has 0 amide bonds. The van der Waals surface area contributed by atoms with Gasteiger partial charge in [0, 0.05) is 83.3 Å². The van der Waals surface area contributed by atoms with Gasteiger partial charge in [-0.15, -0.1) is 0 Å². The Bertz CT molecular complexity index is 4680. The first kappa shape index (κ1) is 53.8. The molecule has 10 aromatic rings. The molecule has 2 saturated carbocycles. The minimum absolute atomic E-state index is 0.0172. The van der Waals surface area contributed by atoms with E-state index in [9.17, 15) is 0 Å². The fraction of sp³-hybridized carbons (Fsp3) is 0.383. The van der Waals surface area contributed by atoms with Crippen LogP contribution in [0, 0.1) is 0 Å². The largest absolute Gasteiger partial charge is 0.454 e. The molecule has 7 aliphatic rings. The van der Waals surface area contributed by atoms with Crippen molar-refractivity contribution in [2.75, 3.05) is 14.7 Å². The van der Waals surface area contributed by atoms with Crippen molar-refractivity contribution in [1.82, 2.24) is 4.57 Å². The topological polar surface area (TPSA) is 27.8 Å². The fourth-order valence-electron chi connectivity index (χ4n) is 19.1. The second-order valence-corrected chi connectivity index (χ2v) is 32.4. The van der Waals surface area contributed by atoms with Crippen LogP contribution in [0.4, 0.5) is 39.8 Å². The summed E-state index contributed by atoms with van der Waals surface area (Å²) < 4.78 is 10.1. The number of nitrogens with zero attached hydrogens (tertiary/aromatic N) is 4. The molecule has 438 valence electrons. The van der Waals surface area contributed by atoms with Crippen molar-refractivity contribution in [2.45, 2.75) is 199 Å². The first-order chi connectivity index (χ1) is 41.3. The molecule has 4 atom stereocenters. The Morgan fingerprint density at radius 1 is 0.437 bits per heavy atom. The molecule has 4 unspecified atom stereocenters. The minimum Gasteiger partial charge on any atom is -0.454 e. The number of hydrogen-bond acceptors (Lipinski definition) is 4. The molecule has 0 bridgehead atoms. The second-order valence-electron chi connectivity index (χ2n) is 32.4. The molecule has 0 saturated heterocycles. The zero-order valence-corrected chi connectivity index (χ0v) is 54.3. The Hall–Kier alpha value is -7.44. The number of hydrogen-bond donors (Lipinski definition) is 0. The molecular formula is C81H85BN4O. The molecule has 0 radical (unpaired) electrons. The molecule has 0 N–H and O–H groups in total. The smallest absolute Gasteiger partial charge is 0.252 e. The van der Waals surface area contributed by atoms with Gasteiger partial charge in [-0.3, -0.25) is 0 Å². The number of fused-ring (bicyclic) bond motifs is 18. The molecule has 6 heteroatoms. The third-order valence-electron chi connectivity index (χ3n) is 24.3. The lowest BCUT2D eigenvalue weighted by molar-refractivity contribution is 0.195. The zero-order valence-electron chi connectivity index (χ0n) is 54.3. The van der Waals surface area contributed by atoms with Gasteiger partial charge in [0.25, 0.3) is 6.71 Å². The quantitative estimate of drug-likeness (QED) is 0.165. The zero-order chi connectivity index (χ0) is 60.2. The third-order valence-corrected chi connectivity index (χ3v) is 24.3. The molecule has 4 aliphatic heterocycles. The summed E-state index contributed by atoms with van der Waals surface area (Å²) in [6.07, 6.45) is 9.48. The molecule has 6 heterocycles. The summed E-state index contributed by atoms with van der Waals surface area (Å²) in [5, 5.41) is 3.67. The summed E-state index contributed by atoms with van der Waals surface area (Å²) in [6, 6.07) is 58.4. The highest BCUT2D eigenvalue weighted by Crippen LogP contribution is 2.65. The van der Waals surface area contributed by atoms with Crippen molar-refractivity contribution >= 4 is 95.8 Å². The van der Waals surface area contributed by atoms with E-state index in [1.54, 1.807) is 0 Å². The summed E-state index contributed by atoms with van der Waals surface area (Å²) in [4.78, 5) is 8.38. The Morgan fingerprint density at radius 3 is 1.67 bits per heavy atom. The Kier molecular flexibility index (Phi) is 10.5. The van der Waals surface area contributed by atoms with Crippen molar-refractivity contribution in [3.63, 3.8) is 0 Å². The maximum atomic E-state index is 7.29. The van der Waals surface area contributed by atoms with Gasteiger partial charge in [-0.2, -0.15) is 0 Å². The van der Waals surface area contributed by atoms with Crippen molar-refractivity contribution < 1.29 is 4.42 Å². The standard InChI is InChI=1S/C81H85BN4O/c1-74(2,3)48-31-35-62-58(42-48)78(12)37-20-22-39-80(78,14)85(62)51-33-34-60-65(45-51)83(64-29-24-27-54-53-25-17-19-30-68(53)87-73(54)64)66-46-52(86-63-36-32-49(75(4,5)6)43-59(63)79(13)38-21-23-40-81(79,86)15)47-67-70(66)82(60)61-44-50(76(7,8)9)41-56-69-72(84(67)71(56)61)55-26-16-18-28-57(55)77(69,10)11/h16-19,24-36,41-47H,20-23,37-40H2,1-15H3. The SMILES string of the molecule is CC(C)(C)c1ccc2c(c1)C1(C)CCCCC1(C)N2c1ccc2c(c1)N(c1cccc3c1oc1ccccc13)c1cc(N3c4ccc(C(C)(C)C)cc4C4(C)CCCCC34C)cc3c1B2c1cc(C(C)(C)C)cc2c4c(n-3c12)-c1ccccc1C4(C)C. The molecule has 5 nitrogen and oxygen atoms in total. The molecule has 2 fully saturated rings. The van der Waals surface area contributed by atoms with Crippen LogP contribution in [-0.2, 0) is 32.5 Å². The summed E-state index contributed by atoms with van der Waals surface area (Å²) >= 11 is 0. The minimum atomic E-state index is -0.237. The molecule has 8 aromatic carbocycles. The van der Waals surface area contributed by atoms with Crippen LogP contribution in [0.15, 0.2) is 150 Å². The summed E-state index contributed by atoms with van der Waals surface area (Å²) in [5.41, 5.74) is 29.3. The molecule has 3 aliphatic carbocycles. The highest BCUT2D eigenvalue weighted by Gasteiger charge is 2.60. The van der Waals surface area contributed by atoms with Crippen LogP contribution < -0.4 is 31.1 Å². The predicted octanol–water partition coefficient (Wildman–Crippen LogP) is 19.8. The van der Waals surface area contributed by atoms with Crippen LogP contribution in [-0.4, -0.2) is 22.4 Å². The first-order valence-corrected chi connectivity index (χ1v) is 33.0. The lowest BCUT2D eigenvalue weighted by atomic mass is 9.33. The summed E-state index contributed by atoms with van der Waals surface area (Å²) in [5.74, 6) is 0. The van der Waals surface area contributed by atoms with E-state index in [1.165, 1.54) is 149 Å². The van der Waals surface area contributed by atoms with Crippen LogP contribution in [0.3, 0.4) is 0 Å². The average Bonchev–Trinajstić information content (AvgIpc) is 1.59. The van der Waals surface area contributed by atoms with Gasteiger partial charge in [0.15, 0.2) is 5.58 Å². The summed E-state index contributed by atoms with van der Waals surface area (Å²) in [7, 11) is 0. The maximum Gasteiger partial charge on any atom is 0.252 e. The van der Waals surface area contributed by atoms with Crippen LogP contribution in [0.25, 0.3) is 49.8 Å². The van der Waals surface area contributed by atoms with E-state index in [0.717, 1.165) is 46.9 Å². The van der Waals surface area contributed by atoms with Crippen LogP contribution in [0.1, 0.15) is 194 Å². The predicted molar refractivity (Wildman–Crippen MR) is 369 cm³/mol. The number of anilines is 7. The Labute approximate surface area is 516 Å². The number of rotatable bonds is 3. The average molecular weight is 1140 g/mol. The van der Waals surface area contributed by atoms with E-state index >= 15 is 0 Å². The number of para-hydroxylation sites is 2. The molecular weight excluding hydrogens is 1060 g/mol. The van der Waals surface area contributed by atoms with Gasteiger partial charge in [-0.05, 0) is 166 Å². The number of aromatic nitrogens is 1. The van der Waals surface area contributed by atoms with Crippen molar-refractivity contribution in [3.8, 4) is 16.9 Å². The van der Waals surface area contributed by atoms with Crippen LogP contribution in [0.5, 0.6) is 0 Å². The second kappa shape index (κ2) is 17.0. The van der Waals surface area contributed by atoms with Crippen molar-refractivity contribution in [1.29, 1.82) is 0 Å². The van der Waals surface area contributed by atoms with Crippen molar-refractivity contribution in [2.24, 2.45) is 0 Å². The van der Waals surface area contributed by atoms with E-state index in [4.69, 9.17) is 4.42 Å². The van der Waals surface area contributed by atoms with E-state index in [-0.39, 0.29) is 50.3 Å². The van der Waals surface area contributed by atoms with Gasteiger partial charge in [0.05, 0.1) is 22.5 Å². The third kappa shape index (κ3) is 6.73. The lowest BCUT2D eigenvalue weighted by Crippen LogP contribution is -2.61. The molecule has 17 rings (SSSR count). The molecule has 87 heavy (non-hydrogen) atoms. The van der Waals surface area contributed by atoms with E-state index in [0.29, 0.717) is 0 Å². The van der Waals surface area contributed by atoms with E-state index in [1.807, 2.05) is 0 Å². The monoisotopic (exact) mass is 1140 g/mol. The summed E-state index contributed by atoms with van der Waals surface area (Å²) in [6.45, 7) is 36.9. The van der Waals surface area contributed by atoms with Crippen LogP contribution in [0.2, 0.25) is 0 Å². The lowest BCUT2D eigenvalue weighted by Gasteiger charge is -2.51. The van der Waals surface area contributed by atoms with Crippen molar-refractivity contribution in [3.05, 3.63) is 185 Å². The Balaban J connectivity index is 1.03. The Morgan fingerprint density at radius 2 is 1.01 bits per heavy atom. The normalized spacial score (nSPS) is 23.9. The van der Waals surface area contributed by atoms with Gasteiger partial charge in [-0.25, -0.2) is 0 Å².